The molecule has 3 heteroatoms. The molecule has 1 unspecified atom stereocenters. The first-order chi connectivity index (χ1) is 5.68. The molecule has 2 fully saturated rings. The van der Waals surface area contributed by atoms with Gasteiger partial charge in [0.2, 0.25) is 5.91 Å². The van der Waals surface area contributed by atoms with Crippen LogP contribution in [0, 0.1) is 13.0 Å². The lowest BCUT2D eigenvalue weighted by Gasteiger charge is -2.22. The van der Waals surface area contributed by atoms with Gasteiger partial charge in [-0.2, -0.15) is 7.05 Å². The molecule has 2 heterocycles. The van der Waals surface area contributed by atoms with E-state index < -0.39 is 0 Å². The molecular formula is C9H16N2O. The van der Waals surface area contributed by atoms with E-state index in [0.717, 1.165) is 25.6 Å². The third-order valence-electron chi connectivity index (χ3n) is 3.14. The van der Waals surface area contributed by atoms with Gasteiger partial charge >= 0.3 is 0 Å². The quantitative estimate of drug-likeness (QED) is 0.457. The van der Waals surface area contributed by atoms with Crippen LogP contribution in [0.15, 0.2) is 0 Å². The van der Waals surface area contributed by atoms with Crippen molar-refractivity contribution < 1.29 is 9.69 Å². The molecule has 0 saturated carbocycles. The van der Waals surface area contributed by atoms with Crippen molar-refractivity contribution in [3.63, 3.8) is 0 Å². The number of nitrogens with zero attached hydrogens (tertiary/aromatic N) is 1. The Morgan fingerprint density at radius 3 is 3.00 bits per heavy atom. The number of hydrogen-bond acceptors (Lipinski definition) is 1. The molecule has 0 bridgehead atoms. The summed E-state index contributed by atoms with van der Waals surface area (Å²) in [6, 6.07) is 0.495. The van der Waals surface area contributed by atoms with E-state index in [1.807, 2.05) is 4.90 Å². The van der Waals surface area contributed by atoms with Crippen molar-refractivity contribution in [3.05, 3.63) is 7.05 Å². The molecule has 2 saturated heterocycles. The zero-order valence-electron chi connectivity index (χ0n) is 7.55. The second kappa shape index (κ2) is 2.73. The Labute approximate surface area is 73.3 Å². The molecule has 0 aromatic heterocycles. The number of carbonyl (C=O) groups is 1. The first kappa shape index (κ1) is 8.05. The van der Waals surface area contributed by atoms with Crippen LogP contribution in [-0.4, -0.2) is 36.5 Å². The first-order valence-corrected chi connectivity index (χ1v) is 4.62. The number of hydrogen-bond donors (Lipinski definition) is 1. The van der Waals surface area contributed by atoms with Gasteiger partial charge < -0.3 is 9.80 Å². The molecule has 2 rings (SSSR count). The highest BCUT2D eigenvalue weighted by Gasteiger charge is 2.42. The van der Waals surface area contributed by atoms with E-state index in [4.69, 9.17) is 0 Å². The average Bonchev–Trinajstić information content (AvgIpc) is 2.43. The minimum atomic E-state index is 0.234. The lowest BCUT2D eigenvalue weighted by molar-refractivity contribution is -0.842. The standard InChI is InChI=1S/C9H16N2O/c1-7(12)11-4-3-8-5-10(2)6-9(8)11/h8-10H,2-6H2,1H3/t8-,9+/m1/s1. The predicted octanol–water partition coefficient (Wildman–Crippen LogP) is -1.09. The van der Waals surface area contributed by atoms with Crippen LogP contribution in [-0.2, 0) is 4.79 Å². The van der Waals surface area contributed by atoms with Crippen LogP contribution in [0.1, 0.15) is 13.3 Å². The summed E-state index contributed by atoms with van der Waals surface area (Å²) in [5, 5.41) is 0. The van der Waals surface area contributed by atoms with Crippen LogP contribution in [0.5, 0.6) is 0 Å². The van der Waals surface area contributed by atoms with E-state index in [-0.39, 0.29) is 5.91 Å². The number of carbonyl (C=O) groups excluding carboxylic acids is 1. The van der Waals surface area contributed by atoms with E-state index >= 15 is 0 Å². The predicted molar refractivity (Wildman–Crippen MR) is 45.3 cm³/mol. The van der Waals surface area contributed by atoms with Gasteiger partial charge in [-0.3, -0.25) is 4.79 Å². The zero-order valence-corrected chi connectivity index (χ0v) is 7.55. The summed E-state index contributed by atoms with van der Waals surface area (Å²) in [4.78, 5) is 14.5. The topological polar surface area (TPSA) is 24.8 Å². The van der Waals surface area contributed by atoms with Crippen molar-refractivity contribution in [2.24, 2.45) is 5.92 Å². The smallest absolute Gasteiger partial charge is 0.219 e. The minimum absolute atomic E-state index is 0.234. The van der Waals surface area contributed by atoms with Crippen LogP contribution >= 0.6 is 0 Å². The third kappa shape index (κ3) is 1.12. The van der Waals surface area contributed by atoms with Gasteiger partial charge in [-0.15, -0.1) is 0 Å². The van der Waals surface area contributed by atoms with Gasteiger partial charge in [-0.05, 0) is 6.42 Å². The molecule has 2 aliphatic heterocycles. The largest absolute Gasteiger partial charge is 0.466 e. The van der Waals surface area contributed by atoms with Crippen LogP contribution in [0.3, 0.4) is 0 Å². The van der Waals surface area contributed by atoms with E-state index in [1.54, 1.807) is 6.92 Å². The van der Waals surface area contributed by atoms with E-state index in [1.165, 1.54) is 11.3 Å². The van der Waals surface area contributed by atoms with Crippen LogP contribution < -0.4 is 4.90 Å². The molecule has 0 aromatic rings. The molecule has 0 aromatic carbocycles. The second-order valence-corrected chi connectivity index (χ2v) is 3.99. The Balaban J connectivity index is 2.08. The third-order valence-corrected chi connectivity index (χ3v) is 3.14. The molecule has 0 spiro atoms. The molecule has 12 heavy (non-hydrogen) atoms. The zero-order chi connectivity index (χ0) is 8.72. The maximum Gasteiger partial charge on any atom is 0.219 e. The highest BCUT2D eigenvalue weighted by Crippen LogP contribution is 2.24. The Kier molecular flexibility index (Phi) is 1.83. The van der Waals surface area contributed by atoms with Crippen molar-refractivity contribution in [1.82, 2.24) is 4.90 Å². The van der Waals surface area contributed by atoms with Gasteiger partial charge in [0, 0.05) is 19.4 Å². The Morgan fingerprint density at radius 1 is 1.58 bits per heavy atom. The van der Waals surface area contributed by atoms with Gasteiger partial charge in [0.1, 0.15) is 0 Å². The number of amides is 1. The Bertz CT molecular complexity index is 205. The molecule has 1 amide bonds. The summed E-state index contributed by atoms with van der Waals surface area (Å²) < 4.78 is 0. The van der Waals surface area contributed by atoms with Crippen molar-refractivity contribution in [3.8, 4) is 0 Å². The number of rotatable bonds is 0. The molecule has 3 atom stereocenters. The summed E-state index contributed by atoms with van der Waals surface area (Å²) in [6.07, 6.45) is 1.18. The van der Waals surface area contributed by atoms with Gasteiger partial charge in [-0.1, -0.05) is 0 Å². The summed E-state index contributed by atoms with van der Waals surface area (Å²) in [5.74, 6) is 0.957. The number of quaternary nitrogens is 1. The second-order valence-electron chi connectivity index (χ2n) is 3.99. The van der Waals surface area contributed by atoms with Crippen molar-refractivity contribution >= 4 is 5.91 Å². The molecule has 68 valence electrons. The summed E-state index contributed by atoms with van der Waals surface area (Å²) in [5.41, 5.74) is 0. The highest BCUT2D eigenvalue weighted by molar-refractivity contribution is 5.74. The monoisotopic (exact) mass is 168 g/mol. The summed E-state index contributed by atoms with van der Waals surface area (Å²) in [7, 11) is 3.99. The number of likely N-dealkylation sites (tertiary alicyclic amines) is 2. The van der Waals surface area contributed by atoms with Crippen molar-refractivity contribution in [2.75, 3.05) is 19.6 Å². The molecule has 3 nitrogen and oxygen atoms in total. The Hall–Kier alpha value is -0.570. The first-order valence-electron chi connectivity index (χ1n) is 4.62. The molecule has 0 aliphatic carbocycles. The van der Waals surface area contributed by atoms with Gasteiger partial charge in [0.05, 0.1) is 19.1 Å². The van der Waals surface area contributed by atoms with E-state index in [0.29, 0.717) is 6.04 Å². The van der Waals surface area contributed by atoms with Crippen LogP contribution in [0.2, 0.25) is 0 Å². The Morgan fingerprint density at radius 2 is 2.33 bits per heavy atom. The maximum atomic E-state index is 11.2. The van der Waals surface area contributed by atoms with Gasteiger partial charge in [0.25, 0.3) is 0 Å². The van der Waals surface area contributed by atoms with Crippen molar-refractivity contribution in [2.45, 2.75) is 19.4 Å². The van der Waals surface area contributed by atoms with E-state index in [9.17, 15) is 4.79 Å². The van der Waals surface area contributed by atoms with E-state index in [2.05, 4.69) is 7.05 Å². The normalized spacial score (nSPS) is 40.2. The lowest BCUT2D eigenvalue weighted by atomic mass is 10.1. The summed E-state index contributed by atoms with van der Waals surface area (Å²) in [6.45, 7) is 4.83. The average molecular weight is 168 g/mol. The van der Waals surface area contributed by atoms with Crippen molar-refractivity contribution in [1.29, 1.82) is 0 Å². The summed E-state index contributed by atoms with van der Waals surface area (Å²) >= 11 is 0. The fourth-order valence-electron chi connectivity index (χ4n) is 2.57. The number of nitrogens with one attached hydrogen (secondary N) is 1. The highest BCUT2D eigenvalue weighted by atomic mass is 16.2. The van der Waals surface area contributed by atoms with Gasteiger partial charge in [0.15, 0.2) is 0 Å². The molecule has 1 N–H and O–H groups in total. The molecular weight excluding hydrogens is 152 g/mol. The number of fused-ring (bicyclic) bond motifs is 1. The lowest BCUT2D eigenvalue weighted by Crippen LogP contribution is -3.05. The minimum Gasteiger partial charge on any atom is -0.466 e. The molecule has 0 radical (unpaired) electrons. The van der Waals surface area contributed by atoms with Gasteiger partial charge in [-0.25, -0.2) is 0 Å². The SMILES string of the molecule is [CH2-][NH+]1C[C@H]2CCN(C(C)=O)[C@H]2C1. The fourth-order valence-corrected chi connectivity index (χ4v) is 2.57. The van der Waals surface area contributed by atoms with Crippen LogP contribution in [0.25, 0.3) is 0 Å². The maximum absolute atomic E-state index is 11.2. The van der Waals surface area contributed by atoms with Crippen LogP contribution in [0.4, 0.5) is 0 Å². The fraction of sp³-hybridized carbons (Fsp3) is 0.778. The molecule has 2 aliphatic rings.